The molecule has 0 saturated carbocycles. The molecule has 3 aromatic carbocycles. The van der Waals surface area contributed by atoms with Crippen LogP contribution in [0.3, 0.4) is 0 Å². The van der Waals surface area contributed by atoms with Gasteiger partial charge < -0.3 is 19.9 Å². The van der Waals surface area contributed by atoms with E-state index in [1.807, 2.05) is 24.3 Å². The molecule has 2 saturated heterocycles. The molecule has 0 unspecified atom stereocenters. The molecule has 14 heteroatoms. The minimum Gasteiger partial charge on any atom is -0.496 e. The summed E-state index contributed by atoms with van der Waals surface area (Å²) in [5.41, 5.74) is 0.0539. The summed E-state index contributed by atoms with van der Waals surface area (Å²) in [6.45, 7) is 6.74. The highest BCUT2D eigenvalue weighted by molar-refractivity contribution is 6.01. The zero-order chi connectivity index (χ0) is 39.6. The van der Waals surface area contributed by atoms with Gasteiger partial charge in [0.15, 0.2) is 0 Å². The van der Waals surface area contributed by atoms with Gasteiger partial charge in [-0.3, -0.25) is 14.6 Å². The number of carboxylic acids is 1. The second-order valence-electron chi connectivity index (χ2n) is 15.6. The molecule has 2 heterocycles. The maximum absolute atomic E-state index is 14.5. The Bertz CT molecular complexity index is 1810. The fourth-order valence-corrected chi connectivity index (χ4v) is 8.06. The standard InChI is InChI=1S/C40H49F6N3O5/c1-37(2,3)27-14-18-48(19-15-27)23-26-12-13-32(53-4)33(34(26)54-5)30-11-7-9-28-25(8-6-10-29(28)30)22-31(35(50)51)47-36(52)38(40(44,45)46)16-20-49(21-17-38)24-39(41,42)43/h6-13,27,31H,14-24H2,1-5H3,(H,47,52)(H,50,51)/t31-/m0/s1. The van der Waals surface area contributed by atoms with Gasteiger partial charge in [-0.1, -0.05) is 63.2 Å². The summed E-state index contributed by atoms with van der Waals surface area (Å²) in [4.78, 5) is 29.1. The van der Waals surface area contributed by atoms with E-state index < -0.39 is 68.2 Å². The van der Waals surface area contributed by atoms with E-state index in [4.69, 9.17) is 9.47 Å². The van der Waals surface area contributed by atoms with Crippen LogP contribution in [0.1, 0.15) is 57.6 Å². The first-order valence-corrected chi connectivity index (χ1v) is 18.1. The number of carboxylic acid groups (broad SMARTS) is 1. The number of aliphatic carboxylic acids is 1. The number of alkyl halides is 6. The summed E-state index contributed by atoms with van der Waals surface area (Å²) in [6, 6.07) is 12.8. The largest absolute Gasteiger partial charge is 0.496 e. The van der Waals surface area contributed by atoms with Gasteiger partial charge in [0.1, 0.15) is 23.0 Å². The molecule has 2 aliphatic rings. The first-order chi connectivity index (χ1) is 25.3. The second kappa shape index (κ2) is 16.0. The smallest absolute Gasteiger partial charge is 0.403 e. The van der Waals surface area contributed by atoms with Gasteiger partial charge in [-0.25, -0.2) is 4.79 Å². The molecular weight excluding hydrogens is 716 g/mol. The van der Waals surface area contributed by atoms with E-state index in [1.165, 1.54) is 0 Å². The third kappa shape index (κ3) is 8.91. The van der Waals surface area contributed by atoms with E-state index in [0.29, 0.717) is 45.9 Å². The number of piperidine rings is 2. The summed E-state index contributed by atoms with van der Waals surface area (Å²) >= 11 is 0. The first kappa shape index (κ1) is 41.1. The van der Waals surface area contributed by atoms with E-state index in [9.17, 15) is 41.0 Å². The Morgan fingerprint density at radius 3 is 2.04 bits per heavy atom. The van der Waals surface area contributed by atoms with Gasteiger partial charge in [-0.2, -0.15) is 26.3 Å². The molecule has 54 heavy (non-hydrogen) atoms. The molecule has 8 nitrogen and oxygen atoms in total. The summed E-state index contributed by atoms with van der Waals surface area (Å²) in [7, 11) is 3.15. The lowest BCUT2D eigenvalue weighted by Crippen LogP contribution is -2.59. The minimum absolute atomic E-state index is 0.242. The van der Waals surface area contributed by atoms with Crippen molar-refractivity contribution in [2.45, 2.75) is 77.8 Å². The number of nitrogens with one attached hydrogen (secondary N) is 1. The number of fused-ring (bicyclic) bond motifs is 1. The third-order valence-corrected chi connectivity index (χ3v) is 11.2. The Morgan fingerprint density at radius 1 is 0.852 bits per heavy atom. The maximum atomic E-state index is 14.5. The fourth-order valence-electron chi connectivity index (χ4n) is 8.06. The summed E-state index contributed by atoms with van der Waals surface area (Å²) in [5.74, 6) is -1.31. The van der Waals surface area contributed by atoms with Crippen LogP contribution in [-0.2, 0) is 22.6 Å². The molecule has 0 radical (unpaired) electrons. The van der Waals surface area contributed by atoms with Gasteiger partial charge in [0, 0.05) is 18.5 Å². The number of methoxy groups -OCH3 is 2. The monoisotopic (exact) mass is 765 g/mol. The molecule has 1 amide bonds. The lowest BCUT2D eigenvalue weighted by atomic mass is 9.75. The molecule has 1 atom stereocenters. The number of nitrogens with zero attached hydrogens (tertiary/aromatic N) is 2. The highest BCUT2D eigenvalue weighted by Crippen LogP contribution is 2.48. The van der Waals surface area contributed by atoms with Crippen molar-refractivity contribution in [3.8, 4) is 22.6 Å². The Balaban J connectivity index is 1.44. The predicted octanol–water partition coefficient (Wildman–Crippen LogP) is 8.10. The van der Waals surface area contributed by atoms with Crippen LogP contribution < -0.4 is 14.8 Å². The number of ether oxygens (including phenoxy) is 2. The van der Waals surface area contributed by atoms with Crippen LogP contribution in [0.15, 0.2) is 48.5 Å². The van der Waals surface area contributed by atoms with Crippen molar-refractivity contribution in [1.29, 1.82) is 0 Å². The van der Waals surface area contributed by atoms with Crippen LogP contribution >= 0.6 is 0 Å². The molecule has 0 aliphatic carbocycles. The van der Waals surface area contributed by atoms with Gasteiger partial charge in [0.25, 0.3) is 0 Å². The van der Waals surface area contributed by atoms with Gasteiger partial charge in [-0.15, -0.1) is 0 Å². The Labute approximate surface area is 311 Å². The van der Waals surface area contributed by atoms with Crippen molar-refractivity contribution in [3.63, 3.8) is 0 Å². The van der Waals surface area contributed by atoms with E-state index in [1.54, 1.807) is 38.5 Å². The average Bonchev–Trinajstić information content (AvgIpc) is 3.10. The number of rotatable bonds is 11. The number of carbonyl (C=O) groups excluding carboxylic acids is 1. The quantitative estimate of drug-likeness (QED) is 0.191. The van der Waals surface area contributed by atoms with E-state index in [2.05, 4.69) is 31.0 Å². The number of hydrogen-bond donors (Lipinski definition) is 2. The van der Waals surface area contributed by atoms with Crippen LogP contribution in [0, 0.1) is 16.7 Å². The normalized spacial score (nSPS) is 18.4. The molecule has 0 aromatic heterocycles. The molecule has 2 aliphatic heterocycles. The summed E-state index contributed by atoms with van der Waals surface area (Å²) < 4.78 is 94.1. The summed E-state index contributed by atoms with van der Waals surface area (Å²) in [6.07, 6.45) is -9.76. The molecule has 5 rings (SSSR count). The lowest BCUT2D eigenvalue weighted by Gasteiger charge is -2.42. The zero-order valence-electron chi connectivity index (χ0n) is 31.3. The Hall–Kier alpha value is -4.04. The van der Waals surface area contributed by atoms with Crippen LogP contribution in [0.2, 0.25) is 0 Å². The van der Waals surface area contributed by atoms with Crippen molar-refractivity contribution < 1.29 is 50.5 Å². The second-order valence-corrected chi connectivity index (χ2v) is 15.6. The number of halogens is 6. The number of carbonyl (C=O) groups is 2. The number of benzene rings is 3. The van der Waals surface area contributed by atoms with Crippen molar-refractivity contribution in [1.82, 2.24) is 15.1 Å². The topological polar surface area (TPSA) is 91.3 Å². The van der Waals surface area contributed by atoms with Crippen LogP contribution in [0.25, 0.3) is 21.9 Å². The Morgan fingerprint density at radius 2 is 1.48 bits per heavy atom. The number of hydrogen-bond acceptors (Lipinski definition) is 6. The van der Waals surface area contributed by atoms with Crippen LogP contribution in [-0.4, -0.2) is 92.1 Å². The van der Waals surface area contributed by atoms with Crippen LogP contribution in [0.5, 0.6) is 11.5 Å². The number of likely N-dealkylation sites (tertiary alicyclic amines) is 2. The lowest BCUT2D eigenvalue weighted by molar-refractivity contribution is -0.236. The van der Waals surface area contributed by atoms with Gasteiger partial charge >= 0.3 is 18.3 Å². The predicted molar refractivity (Wildman–Crippen MR) is 193 cm³/mol. The van der Waals surface area contributed by atoms with E-state index >= 15 is 0 Å². The molecule has 2 N–H and O–H groups in total. The van der Waals surface area contributed by atoms with Crippen molar-refractivity contribution in [3.05, 3.63) is 59.7 Å². The van der Waals surface area contributed by atoms with Gasteiger partial charge in [0.05, 0.1) is 26.3 Å². The summed E-state index contributed by atoms with van der Waals surface area (Å²) in [5, 5.41) is 13.6. The maximum Gasteiger partial charge on any atom is 0.403 e. The fraction of sp³-hybridized carbons (Fsp3) is 0.550. The molecular formula is C40H49F6N3O5. The van der Waals surface area contributed by atoms with Crippen molar-refractivity contribution in [2.24, 2.45) is 16.7 Å². The molecule has 2 fully saturated rings. The van der Waals surface area contributed by atoms with E-state index in [0.717, 1.165) is 42.0 Å². The first-order valence-electron chi connectivity index (χ1n) is 18.1. The zero-order valence-corrected chi connectivity index (χ0v) is 31.3. The van der Waals surface area contributed by atoms with Crippen LogP contribution in [0.4, 0.5) is 26.3 Å². The number of amides is 1. The Kier molecular flexibility index (Phi) is 12.2. The van der Waals surface area contributed by atoms with Crippen molar-refractivity contribution in [2.75, 3.05) is 46.9 Å². The van der Waals surface area contributed by atoms with Gasteiger partial charge in [-0.05, 0) is 91.2 Å². The average molecular weight is 766 g/mol. The highest BCUT2D eigenvalue weighted by Gasteiger charge is 2.61. The molecule has 296 valence electrons. The van der Waals surface area contributed by atoms with E-state index in [-0.39, 0.29) is 11.8 Å². The highest BCUT2D eigenvalue weighted by atomic mass is 19.4. The SMILES string of the molecule is COc1ccc(CN2CCC(C(C)(C)C)CC2)c(OC)c1-c1cccc2c(C[C@H](NC(=O)C3(C(F)(F)F)CCN(CC(F)(F)F)CC3)C(=O)O)cccc12. The minimum atomic E-state index is -5.12. The molecule has 0 bridgehead atoms. The molecule has 0 spiro atoms. The molecule has 3 aromatic rings. The van der Waals surface area contributed by atoms with Crippen molar-refractivity contribution >= 4 is 22.6 Å². The van der Waals surface area contributed by atoms with Gasteiger partial charge in [0.2, 0.25) is 5.91 Å². The third-order valence-electron chi connectivity index (χ3n) is 11.2.